The van der Waals surface area contributed by atoms with Crippen molar-refractivity contribution in [1.29, 1.82) is 0 Å². The van der Waals surface area contributed by atoms with Crippen molar-refractivity contribution < 1.29 is 0 Å². The van der Waals surface area contributed by atoms with Crippen LogP contribution in [0.1, 0.15) is 18.5 Å². The standard InChI is InChI=1S/C19H20N4/c1-22-8-6-19(13-22)7-9-23-18(19)11-17(21-23)15-10-14-4-2-3-5-16(14)20-12-15/h2-5,10-12H,6-9,13H2,1H3. The first-order valence-electron chi connectivity index (χ1n) is 8.36. The van der Waals surface area contributed by atoms with E-state index in [0.29, 0.717) is 5.41 Å². The molecule has 4 heterocycles. The van der Waals surface area contributed by atoms with Crippen LogP contribution >= 0.6 is 0 Å². The van der Waals surface area contributed by atoms with Crippen LogP contribution in [0.4, 0.5) is 0 Å². The summed E-state index contributed by atoms with van der Waals surface area (Å²) in [7, 11) is 2.22. The van der Waals surface area contributed by atoms with E-state index in [1.165, 1.54) is 30.5 Å². The van der Waals surface area contributed by atoms with Crippen LogP contribution in [-0.2, 0) is 12.0 Å². The fraction of sp³-hybridized carbons (Fsp3) is 0.368. The third-order valence-corrected chi connectivity index (χ3v) is 5.56. The summed E-state index contributed by atoms with van der Waals surface area (Å²) in [5.74, 6) is 0. The topological polar surface area (TPSA) is 34.0 Å². The van der Waals surface area contributed by atoms with Gasteiger partial charge in [0.1, 0.15) is 0 Å². The number of likely N-dealkylation sites (tertiary alicyclic amines) is 1. The number of fused-ring (bicyclic) bond motifs is 3. The number of rotatable bonds is 1. The Morgan fingerprint density at radius 2 is 1.96 bits per heavy atom. The summed E-state index contributed by atoms with van der Waals surface area (Å²) < 4.78 is 2.23. The molecule has 4 heteroatoms. The van der Waals surface area contributed by atoms with Gasteiger partial charge in [-0.3, -0.25) is 9.67 Å². The largest absolute Gasteiger partial charge is 0.305 e. The van der Waals surface area contributed by atoms with Crippen molar-refractivity contribution in [3.63, 3.8) is 0 Å². The number of benzene rings is 1. The molecular formula is C19H20N4. The SMILES string of the molecule is CN1CCC2(CCn3nc(-c4cnc5ccccc5c4)cc32)C1. The summed E-state index contributed by atoms with van der Waals surface area (Å²) in [6.07, 6.45) is 4.44. The number of aromatic nitrogens is 3. The molecule has 4 nitrogen and oxygen atoms in total. The zero-order valence-corrected chi connectivity index (χ0v) is 13.4. The van der Waals surface area contributed by atoms with Crippen LogP contribution in [0.5, 0.6) is 0 Å². The molecule has 0 N–H and O–H groups in total. The second kappa shape index (κ2) is 4.65. The van der Waals surface area contributed by atoms with Gasteiger partial charge in [0.2, 0.25) is 0 Å². The molecule has 1 unspecified atom stereocenters. The molecule has 116 valence electrons. The molecule has 23 heavy (non-hydrogen) atoms. The van der Waals surface area contributed by atoms with Crippen molar-refractivity contribution in [3.05, 3.63) is 48.3 Å². The van der Waals surface area contributed by atoms with Crippen LogP contribution in [0.15, 0.2) is 42.6 Å². The summed E-state index contributed by atoms with van der Waals surface area (Å²) in [6.45, 7) is 3.40. The maximum absolute atomic E-state index is 4.87. The minimum Gasteiger partial charge on any atom is -0.305 e. The molecule has 1 aromatic carbocycles. The Bertz CT molecular complexity index is 897. The lowest BCUT2D eigenvalue weighted by Gasteiger charge is -2.21. The molecule has 1 fully saturated rings. The van der Waals surface area contributed by atoms with Crippen LogP contribution in [-0.4, -0.2) is 39.8 Å². The molecule has 0 bridgehead atoms. The highest BCUT2D eigenvalue weighted by Crippen LogP contribution is 2.43. The number of hydrogen-bond donors (Lipinski definition) is 0. The Hall–Kier alpha value is -2.20. The Kier molecular flexibility index (Phi) is 2.68. The van der Waals surface area contributed by atoms with Crippen LogP contribution < -0.4 is 0 Å². The van der Waals surface area contributed by atoms with E-state index in [-0.39, 0.29) is 0 Å². The minimum absolute atomic E-state index is 0.324. The van der Waals surface area contributed by atoms with Crippen molar-refractivity contribution in [2.24, 2.45) is 0 Å². The summed E-state index contributed by atoms with van der Waals surface area (Å²) in [5.41, 5.74) is 4.96. The zero-order valence-electron chi connectivity index (χ0n) is 13.4. The first kappa shape index (κ1) is 13.3. The monoisotopic (exact) mass is 304 g/mol. The summed E-state index contributed by atoms with van der Waals surface area (Å²) in [4.78, 5) is 7.03. The molecule has 2 aliphatic rings. The Morgan fingerprint density at radius 3 is 2.83 bits per heavy atom. The number of aryl methyl sites for hydroxylation is 1. The molecule has 0 aliphatic carbocycles. The molecule has 0 amide bonds. The lowest BCUT2D eigenvalue weighted by Crippen LogP contribution is -2.26. The lowest BCUT2D eigenvalue weighted by molar-refractivity contribution is 0.366. The highest BCUT2D eigenvalue weighted by Gasteiger charge is 2.44. The van der Waals surface area contributed by atoms with Crippen molar-refractivity contribution in [3.8, 4) is 11.3 Å². The first-order chi connectivity index (χ1) is 11.2. The molecule has 5 rings (SSSR count). The Balaban J connectivity index is 1.58. The molecule has 0 saturated carbocycles. The number of para-hydroxylation sites is 1. The van der Waals surface area contributed by atoms with Crippen LogP contribution in [0, 0.1) is 0 Å². The van der Waals surface area contributed by atoms with Gasteiger partial charge in [-0.2, -0.15) is 5.10 Å². The molecule has 1 atom stereocenters. The van der Waals surface area contributed by atoms with E-state index in [9.17, 15) is 0 Å². The van der Waals surface area contributed by atoms with Crippen molar-refractivity contribution in [1.82, 2.24) is 19.7 Å². The molecule has 1 saturated heterocycles. The van der Waals surface area contributed by atoms with Crippen LogP contribution in [0.2, 0.25) is 0 Å². The predicted molar refractivity (Wildman–Crippen MR) is 91.4 cm³/mol. The van der Waals surface area contributed by atoms with Crippen molar-refractivity contribution in [2.45, 2.75) is 24.8 Å². The van der Waals surface area contributed by atoms with Gasteiger partial charge in [0, 0.05) is 41.3 Å². The van der Waals surface area contributed by atoms with Gasteiger partial charge >= 0.3 is 0 Å². The van der Waals surface area contributed by atoms with Gasteiger partial charge in [-0.25, -0.2) is 0 Å². The average molecular weight is 304 g/mol. The van der Waals surface area contributed by atoms with E-state index in [0.717, 1.165) is 29.9 Å². The van der Waals surface area contributed by atoms with Gasteiger partial charge in [-0.05, 0) is 44.6 Å². The Morgan fingerprint density at radius 1 is 1.09 bits per heavy atom. The normalized spacial score (nSPS) is 23.9. The molecule has 3 aromatic rings. The number of hydrogen-bond acceptors (Lipinski definition) is 3. The predicted octanol–water partition coefficient (Wildman–Crippen LogP) is 3.08. The van der Waals surface area contributed by atoms with E-state index >= 15 is 0 Å². The van der Waals surface area contributed by atoms with E-state index in [2.05, 4.69) is 51.9 Å². The summed E-state index contributed by atoms with van der Waals surface area (Å²) in [6, 6.07) is 12.8. The zero-order chi connectivity index (χ0) is 15.4. The van der Waals surface area contributed by atoms with E-state index < -0.39 is 0 Å². The third kappa shape index (κ3) is 1.94. The first-order valence-corrected chi connectivity index (χ1v) is 8.36. The lowest BCUT2D eigenvalue weighted by atomic mass is 9.82. The smallest absolute Gasteiger partial charge is 0.0941 e. The maximum Gasteiger partial charge on any atom is 0.0941 e. The molecule has 1 spiro atoms. The average Bonchev–Trinajstić information content (AvgIpc) is 3.24. The maximum atomic E-state index is 4.87. The van der Waals surface area contributed by atoms with E-state index in [1.54, 1.807) is 0 Å². The highest BCUT2D eigenvalue weighted by molar-refractivity contribution is 5.82. The molecule has 0 radical (unpaired) electrons. The van der Waals surface area contributed by atoms with Gasteiger partial charge in [0.15, 0.2) is 0 Å². The van der Waals surface area contributed by atoms with Gasteiger partial charge in [0.25, 0.3) is 0 Å². The second-order valence-electron chi connectivity index (χ2n) is 7.07. The highest BCUT2D eigenvalue weighted by atomic mass is 15.3. The van der Waals surface area contributed by atoms with Crippen molar-refractivity contribution in [2.75, 3.05) is 20.1 Å². The fourth-order valence-corrected chi connectivity index (χ4v) is 4.31. The van der Waals surface area contributed by atoms with E-state index in [4.69, 9.17) is 5.10 Å². The molecule has 2 aromatic heterocycles. The van der Waals surface area contributed by atoms with Crippen LogP contribution in [0.3, 0.4) is 0 Å². The van der Waals surface area contributed by atoms with Gasteiger partial charge in [-0.15, -0.1) is 0 Å². The van der Waals surface area contributed by atoms with Crippen molar-refractivity contribution >= 4 is 10.9 Å². The minimum atomic E-state index is 0.324. The summed E-state index contributed by atoms with van der Waals surface area (Å²) >= 11 is 0. The molecule has 2 aliphatic heterocycles. The second-order valence-corrected chi connectivity index (χ2v) is 7.07. The van der Waals surface area contributed by atoms with Gasteiger partial charge in [-0.1, -0.05) is 18.2 Å². The summed E-state index contributed by atoms with van der Waals surface area (Å²) in [5, 5.41) is 6.04. The Labute approximate surface area is 135 Å². The van der Waals surface area contributed by atoms with Gasteiger partial charge in [0.05, 0.1) is 11.2 Å². The van der Waals surface area contributed by atoms with E-state index in [1.807, 2.05) is 12.3 Å². The number of pyridine rings is 1. The van der Waals surface area contributed by atoms with Crippen LogP contribution in [0.25, 0.3) is 22.2 Å². The number of nitrogens with zero attached hydrogens (tertiary/aromatic N) is 4. The fourth-order valence-electron chi connectivity index (χ4n) is 4.31. The number of likely N-dealkylation sites (N-methyl/N-ethyl adjacent to an activating group) is 1. The van der Waals surface area contributed by atoms with Gasteiger partial charge < -0.3 is 4.90 Å². The molecular weight excluding hydrogens is 284 g/mol. The third-order valence-electron chi connectivity index (χ3n) is 5.56. The quantitative estimate of drug-likeness (QED) is 0.693.